The topological polar surface area (TPSA) is 26.0 Å². The molecule has 2 aromatic heterocycles. The highest BCUT2D eigenvalue weighted by Crippen LogP contribution is 2.51. The van der Waals surface area contributed by atoms with Crippen LogP contribution in [0.15, 0.2) is 146 Å². The number of rotatable bonds is 3. The number of nitrogens with zero attached hydrogens (tertiary/aromatic N) is 4. The summed E-state index contributed by atoms with van der Waals surface area (Å²) in [5.41, 5.74) is 17.1. The number of aryl methyl sites for hydroxylation is 1. The molecular formula is C49H40N4. The van der Waals surface area contributed by atoms with Gasteiger partial charge in [-0.25, -0.2) is 4.98 Å². The van der Waals surface area contributed by atoms with Crippen molar-refractivity contribution in [3.8, 4) is 28.2 Å². The van der Waals surface area contributed by atoms with Gasteiger partial charge in [-0.15, -0.1) is 0 Å². The highest BCUT2D eigenvalue weighted by molar-refractivity contribution is 5.90. The van der Waals surface area contributed by atoms with E-state index in [9.17, 15) is 0 Å². The van der Waals surface area contributed by atoms with E-state index in [1.807, 2.05) is 0 Å². The molecule has 3 aliphatic carbocycles. The molecule has 4 heteroatoms. The lowest BCUT2D eigenvalue weighted by Crippen LogP contribution is -2.31. The van der Waals surface area contributed by atoms with Crippen LogP contribution in [0.2, 0.25) is 0 Å². The average molecular weight is 685 g/mol. The summed E-state index contributed by atoms with van der Waals surface area (Å²) in [5, 5.41) is 1.41. The Labute approximate surface area is 310 Å². The number of fused-ring (bicyclic) bond motifs is 14. The van der Waals surface area contributed by atoms with Crippen LogP contribution in [0.3, 0.4) is 0 Å². The summed E-state index contributed by atoms with van der Waals surface area (Å²) in [6.07, 6.45) is 21.1. The van der Waals surface area contributed by atoms with Gasteiger partial charge in [0.2, 0.25) is 0 Å². The van der Waals surface area contributed by atoms with Crippen LogP contribution in [-0.4, -0.2) is 20.2 Å². The minimum Gasteiger partial charge on any atom is -0.337 e. The molecule has 4 unspecified atom stereocenters. The zero-order chi connectivity index (χ0) is 34.6. The Kier molecular flexibility index (Phi) is 6.34. The molecule has 12 rings (SSSR count). The van der Waals surface area contributed by atoms with Crippen LogP contribution in [0.5, 0.6) is 0 Å². The van der Waals surface area contributed by atoms with E-state index in [-0.39, 0.29) is 12.0 Å². The fourth-order valence-electron chi connectivity index (χ4n) is 10.6. The molecular weight excluding hydrogens is 645 g/mol. The van der Waals surface area contributed by atoms with E-state index >= 15 is 0 Å². The number of imidazole rings is 1. The van der Waals surface area contributed by atoms with E-state index in [4.69, 9.17) is 4.98 Å². The van der Waals surface area contributed by atoms with Crippen molar-refractivity contribution in [2.75, 3.05) is 4.90 Å². The van der Waals surface area contributed by atoms with E-state index in [0.29, 0.717) is 12.0 Å². The Morgan fingerprint density at radius 2 is 1.47 bits per heavy atom. The molecule has 53 heavy (non-hydrogen) atoms. The molecule has 256 valence electrons. The molecule has 0 radical (unpaired) electrons. The maximum absolute atomic E-state index is 5.22. The first kappa shape index (κ1) is 29.7. The third-order valence-electron chi connectivity index (χ3n) is 12.9. The molecule has 0 N–H and O–H groups in total. The Hall–Kier alpha value is -5.87. The number of aromatic nitrogens is 3. The second-order valence-corrected chi connectivity index (χ2v) is 15.6. The summed E-state index contributed by atoms with van der Waals surface area (Å²) in [7, 11) is 0. The largest absolute Gasteiger partial charge is 0.337 e. The third kappa shape index (κ3) is 4.27. The summed E-state index contributed by atoms with van der Waals surface area (Å²) in [6.45, 7) is 0. The average Bonchev–Trinajstić information content (AvgIpc) is 3.89. The molecule has 2 aliphatic heterocycles. The Balaban J connectivity index is 1.09. The summed E-state index contributed by atoms with van der Waals surface area (Å²) >= 11 is 0. The van der Waals surface area contributed by atoms with Gasteiger partial charge < -0.3 is 14.0 Å². The van der Waals surface area contributed by atoms with Crippen LogP contribution in [0.25, 0.3) is 50.1 Å². The molecule has 0 bridgehead atoms. The van der Waals surface area contributed by atoms with E-state index in [1.165, 1.54) is 79.8 Å². The van der Waals surface area contributed by atoms with Gasteiger partial charge in [-0.3, -0.25) is 0 Å². The normalized spacial score (nSPS) is 22.0. The van der Waals surface area contributed by atoms with Crippen LogP contribution in [0.1, 0.15) is 65.9 Å². The minimum absolute atomic E-state index is 0.196. The Bertz CT molecular complexity index is 2740. The van der Waals surface area contributed by atoms with Gasteiger partial charge in [-0.1, -0.05) is 97.1 Å². The maximum Gasteiger partial charge on any atom is 0.142 e. The lowest BCUT2D eigenvalue weighted by molar-refractivity contribution is 0.548. The first-order valence-electron chi connectivity index (χ1n) is 19.6. The summed E-state index contributed by atoms with van der Waals surface area (Å²) in [4.78, 5) is 7.90. The van der Waals surface area contributed by atoms with Gasteiger partial charge >= 0.3 is 0 Å². The van der Waals surface area contributed by atoms with Crippen molar-refractivity contribution in [3.05, 3.63) is 168 Å². The van der Waals surface area contributed by atoms with E-state index < -0.39 is 0 Å². The third-order valence-corrected chi connectivity index (χ3v) is 12.9. The van der Waals surface area contributed by atoms with E-state index in [1.54, 1.807) is 5.56 Å². The second-order valence-electron chi connectivity index (χ2n) is 15.6. The molecule has 4 atom stereocenters. The molecule has 5 aliphatic rings. The zero-order valence-electron chi connectivity index (χ0n) is 29.7. The number of hydrogen-bond acceptors (Lipinski definition) is 2. The van der Waals surface area contributed by atoms with Gasteiger partial charge in [0.25, 0.3) is 0 Å². The highest BCUT2D eigenvalue weighted by Gasteiger charge is 2.39. The predicted molar refractivity (Wildman–Crippen MR) is 218 cm³/mol. The van der Waals surface area contributed by atoms with Crippen LogP contribution >= 0.6 is 0 Å². The first-order chi connectivity index (χ1) is 26.3. The van der Waals surface area contributed by atoms with Crippen molar-refractivity contribution in [2.45, 2.75) is 62.4 Å². The molecule has 0 saturated heterocycles. The van der Waals surface area contributed by atoms with Crippen molar-refractivity contribution in [1.29, 1.82) is 0 Å². The second kappa shape index (κ2) is 11.3. The summed E-state index contributed by atoms with van der Waals surface area (Å²) in [6, 6.07) is 42.0. The Morgan fingerprint density at radius 3 is 2.45 bits per heavy atom. The minimum atomic E-state index is 0.196. The molecule has 0 amide bonds. The van der Waals surface area contributed by atoms with Gasteiger partial charge in [0, 0.05) is 51.6 Å². The molecule has 0 saturated carbocycles. The van der Waals surface area contributed by atoms with Crippen molar-refractivity contribution in [1.82, 2.24) is 14.1 Å². The fourth-order valence-corrected chi connectivity index (χ4v) is 10.6. The lowest BCUT2D eigenvalue weighted by Gasteiger charge is -2.34. The number of allylic oxidation sites excluding steroid dienone is 5. The summed E-state index contributed by atoms with van der Waals surface area (Å²) in [5.74, 6) is 1.72. The standard InChI is InChI=1S/C49H40N4/c1-7-19-43-35(13-1)36-14-2-8-20-44(36)51(43)33-27-32(28-34(30-33)52-45-21-9-3-15-37(45)38-16-4-10-22-46(38)52)31-25-26-40-41(29-31)39-17-5-11-23-47(39)53-48-24-12-6-18-42(48)50-49(40)53/h1-3,5-7,9,11-15,17-19,21,23-30,36,39,44,47H,4,8,10,16,20,22H2. The maximum atomic E-state index is 5.22. The van der Waals surface area contributed by atoms with Gasteiger partial charge in [0.05, 0.1) is 22.6 Å². The van der Waals surface area contributed by atoms with Crippen LogP contribution in [0, 0.1) is 0 Å². The first-order valence-corrected chi connectivity index (χ1v) is 19.6. The number of para-hydroxylation sites is 4. The van der Waals surface area contributed by atoms with Gasteiger partial charge in [0.1, 0.15) is 5.82 Å². The molecule has 5 aromatic carbocycles. The monoisotopic (exact) mass is 684 g/mol. The van der Waals surface area contributed by atoms with Crippen molar-refractivity contribution in [3.63, 3.8) is 0 Å². The van der Waals surface area contributed by atoms with Crippen LogP contribution in [0.4, 0.5) is 11.4 Å². The number of benzene rings is 5. The number of anilines is 2. The van der Waals surface area contributed by atoms with Gasteiger partial charge in [0.15, 0.2) is 0 Å². The van der Waals surface area contributed by atoms with Crippen molar-refractivity contribution < 1.29 is 0 Å². The highest BCUT2D eigenvalue weighted by atomic mass is 15.2. The molecule has 4 nitrogen and oxygen atoms in total. The van der Waals surface area contributed by atoms with Crippen LogP contribution in [-0.2, 0) is 12.8 Å². The van der Waals surface area contributed by atoms with Crippen molar-refractivity contribution >= 4 is 33.3 Å². The van der Waals surface area contributed by atoms with Gasteiger partial charge in [-0.05, 0) is 115 Å². The smallest absolute Gasteiger partial charge is 0.142 e. The predicted octanol–water partition coefficient (Wildman–Crippen LogP) is 11.9. The van der Waals surface area contributed by atoms with Crippen LogP contribution < -0.4 is 4.90 Å². The van der Waals surface area contributed by atoms with E-state index in [2.05, 4.69) is 160 Å². The lowest BCUT2D eigenvalue weighted by atomic mass is 9.81. The molecule has 4 heterocycles. The SMILES string of the molecule is C1=CC2c3cc(-c4cc(N5c6ccccc6C6C=CCCC65)cc(-n5c6c(c7ccccc75)CCCC6)c4)ccc3-c3nc4ccccc4n3C2C=C1. The molecule has 0 spiro atoms. The zero-order valence-corrected chi connectivity index (χ0v) is 29.7. The fraction of sp³-hybridized carbons (Fsp3) is 0.204. The van der Waals surface area contributed by atoms with Gasteiger partial charge in [-0.2, -0.15) is 0 Å². The Morgan fingerprint density at radius 1 is 0.642 bits per heavy atom. The summed E-state index contributed by atoms with van der Waals surface area (Å²) < 4.78 is 5.07. The molecule has 0 fully saturated rings. The van der Waals surface area contributed by atoms with E-state index in [0.717, 1.165) is 37.0 Å². The molecule has 7 aromatic rings. The van der Waals surface area contributed by atoms with Crippen molar-refractivity contribution in [2.24, 2.45) is 0 Å². The quantitative estimate of drug-likeness (QED) is 0.173. The number of hydrogen-bond donors (Lipinski definition) is 0.